The molecule has 12 nitrogen and oxygen atoms in total. The number of fused-ring (bicyclic) bond motifs is 2. The Bertz CT molecular complexity index is 1590. The van der Waals surface area contributed by atoms with Crippen LogP contribution in [0.15, 0.2) is 18.2 Å². The molecule has 1 aliphatic rings. The van der Waals surface area contributed by atoms with E-state index in [9.17, 15) is 19.2 Å². The molecule has 2 aromatic heterocycles. The number of halogens is 1. The molecule has 0 spiro atoms. The number of nitrogens with zero attached hydrogens (tertiary/aromatic N) is 2. The second kappa shape index (κ2) is 13.9. The van der Waals surface area contributed by atoms with E-state index in [2.05, 4.69) is 4.98 Å². The molecular formula is C30H33FN2O10S. The number of methoxy groups -OCH3 is 2. The van der Waals surface area contributed by atoms with Crippen molar-refractivity contribution in [3.63, 3.8) is 0 Å². The maximum atomic E-state index is 15.5. The van der Waals surface area contributed by atoms with Crippen LogP contribution in [0.5, 0.6) is 23.1 Å². The SMILES string of the molecule is COc1cc2c(nc1OCCCOc1c(OC)cc3sc(C(=O)CC(C)C(=O)O)cc3c1F)CN(C(=O)CC(C)C(=O)O)C2. The van der Waals surface area contributed by atoms with Gasteiger partial charge in [0.2, 0.25) is 5.91 Å². The van der Waals surface area contributed by atoms with E-state index in [0.29, 0.717) is 22.6 Å². The number of pyridine rings is 1. The number of carboxylic acid groups (broad SMARTS) is 2. The number of rotatable bonds is 15. The van der Waals surface area contributed by atoms with Crippen LogP contribution in [0.25, 0.3) is 10.1 Å². The molecule has 0 bridgehead atoms. The minimum atomic E-state index is -1.08. The van der Waals surface area contributed by atoms with Gasteiger partial charge >= 0.3 is 11.9 Å². The second-order valence-corrected chi connectivity index (χ2v) is 11.5. The summed E-state index contributed by atoms with van der Waals surface area (Å²) < 4.78 is 38.2. The Morgan fingerprint density at radius 2 is 1.61 bits per heavy atom. The lowest BCUT2D eigenvalue weighted by atomic mass is 10.0. The van der Waals surface area contributed by atoms with Gasteiger partial charge in [0.1, 0.15) is 0 Å². The molecule has 0 aliphatic carbocycles. The minimum absolute atomic E-state index is 0.0577. The summed E-state index contributed by atoms with van der Waals surface area (Å²) in [4.78, 5) is 53.6. The number of carboxylic acids is 2. The molecule has 0 saturated heterocycles. The van der Waals surface area contributed by atoms with Crippen molar-refractivity contribution in [2.24, 2.45) is 11.8 Å². The van der Waals surface area contributed by atoms with Crippen LogP contribution in [-0.4, -0.2) is 71.2 Å². The van der Waals surface area contributed by atoms with Crippen molar-refractivity contribution in [2.45, 2.75) is 46.2 Å². The summed E-state index contributed by atoms with van der Waals surface area (Å²) in [6.07, 6.45) is 0.0250. The molecule has 1 aliphatic heterocycles. The van der Waals surface area contributed by atoms with Crippen LogP contribution in [0.2, 0.25) is 0 Å². The summed E-state index contributed by atoms with van der Waals surface area (Å²) in [6, 6.07) is 4.70. The normalized spacial score (nSPS) is 13.7. The van der Waals surface area contributed by atoms with Crippen molar-refractivity contribution >= 4 is 45.1 Å². The van der Waals surface area contributed by atoms with Crippen LogP contribution in [0.1, 0.15) is 54.0 Å². The predicted molar refractivity (Wildman–Crippen MR) is 156 cm³/mol. The predicted octanol–water partition coefficient (Wildman–Crippen LogP) is 4.55. The zero-order valence-electron chi connectivity index (χ0n) is 24.7. The lowest BCUT2D eigenvalue weighted by Crippen LogP contribution is -2.28. The first-order valence-electron chi connectivity index (χ1n) is 13.8. The number of amides is 1. The van der Waals surface area contributed by atoms with Gasteiger partial charge in [0.15, 0.2) is 28.8 Å². The zero-order chi connectivity index (χ0) is 32.1. The van der Waals surface area contributed by atoms with Crippen molar-refractivity contribution in [3.05, 3.63) is 40.2 Å². The highest BCUT2D eigenvalue weighted by Crippen LogP contribution is 2.40. The summed E-state index contributed by atoms with van der Waals surface area (Å²) in [6.45, 7) is 3.63. The van der Waals surface area contributed by atoms with Crippen LogP contribution < -0.4 is 18.9 Å². The highest BCUT2D eigenvalue weighted by atomic mass is 32.1. The number of ketones is 1. The number of hydrogen-bond acceptors (Lipinski definition) is 10. The summed E-state index contributed by atoms with van der Waals surface area (Å²) in [5.41, 5.74) is 1.40. The first kappa shape index (κ1) is 32.5. The van der Waals surface area contributed by atoms with Gasteiger partial charge in [-0.3, -0.25) is 19.2 Å². The maximum Gasteiger partial charge on any atom is 0.306 e. The Hall–Kier alpha value is -4.46. The minimum Gasteiger partial charge on any atom is -0.493 e. The Morgan fingerprint density at radius 3 is 2.27 bits per heavy atom. The molecule has 0 saturated carbocycles. The average molecular weight is 633 g/mol. The van der Waals surface area contributed by atoms with Crippen LogP contribution in [0.4, 0.5) is 4.39 Å². The Morgan fingerprint density at radius 1 is 0.955 bits per heavy atom. The van der Waals surface area contributed by atoms with Crippen LogP contribution >= 0.6 is 11.3 Å². The van der Waals surface area contributed by atoms with Gasteiger partial charge in [-0.05, 0) is 17.7 Å². The molecule has 2 N–H and O–H groups in total. The van der Waals surface area contributed by atoms with E-state index >= 15 is 4.39 Å². The molecule has 4 rings (SSSR count). The number of aromatic nitrogens is 1. The monoisotopic (exact) mass is 632 g/mol. The van der Waals surface area contributed by atoms with E-state index in [0.717, 1.165) is 16.9 Å². The third-order valence-corrected chi connectivity index (χ3v) is 8.29. The molecule has 1 amide bonds. The standard InChI is InChI=1S/C30H33FN2O10S/c1-15(29(36)37)8-20(34)24-11-18-23(44-24)12-21(40-3)27(26(18)31)42-6-5-7-43-28-22(41-4)10-17-13-33(14-19(17)32-28)25(35)9-16(2)30(38)39/h10-12,15-16H,5-9,13-14H2,1-4H3,(H,36,37)(H,38,39). The molecule has 14 heteroatoms. The molecule has 3 heterocycles. The van der Waals surface area contributed by atoms with E-state index in [1.54, 1.807) is 12.1 Å². The fourth-order valence-corrected chi connectivity index (χ4v) is 5.60. The molecule has 2 unspecified atom stereocenters. The van der Waals surface area contributed by atoms with Crippen molar-refractivity contribution in [3.8, 4) is 23.1 Å². The fraction of sp³-hybridized carbons (Fsp3) is 0.433. The van der Waals surface area contributed by atoms with E-state index in [1.165, 1.54) is 39.0 Å². The third-order valence-electron chi connectivity index (χ3n) is 7.16. The first-order valence-corrected chi connectivity index (χ1v) is 14.6. The molecule has 0 fully saturated rings. The van der Waals surface area contributed by atoms with Gasteiger partial charge in [0.25, 0.3) is 5.88 Å². The summed E-state index contributed by atoms with van der Waals surface area (Å²) in [5.74, 6) is -4.52. The van der Waals surface area contributed by atoms with E-state index in [-0.39, 0.29) is 78.5 Å². The van der Waals surface area contributed by atoms with Gasteiger partial charge in [-0.2, -0.15) is 0 Å². The highest BCUT2D eigenvalue weighted by molar-refractivity contribution is 7.20. The van der Waals surface area contributed by atoms with Crippen molar-refractivity contribution < 1.29 is 52.7 Å². The van der Waals surface area contributed by atoms with E-state index < -0.39 is 29.6 Å². The zero-order valence-corrected chi connectivity index (χ0v) is 25.5. The number of carbonyl (C=O) groups excluding carboxylic acids is 2. The molecule has 44 heavy (non-hydrogen) atoms. The van der Waals surface area contributed by atoms with Crippen molar-refractivity contribution in [1.29, 1.82) is 0 Å². The van der Waals surface area contributed by atoms with Crippen LogP contribution in [-0.2, 0) is 27.5 Å². The molecule has 0 radical (unpaired) electrons. The van der Waals surface area contributed by atoms with Gasteiger partial charge in [0.05, 0.1) is 56.4 Å². The van der Waals surface area contributed by atoms with Crippen LogP contribution in [0, 0.1) is 17.7 Å². The van der Waals surface area contributed by atoms with Crippen LogP contribution in [0.3, 0.4) is 0 Å². The average Bonchev–Trinajstić information content (AvgIpc) is 3.61. The number of aliphatic carboxylic acids is 2. The Kier molecular flexibility index (Phi) is 10.2. The molecule has 236 valence electrons. The summed E-state index contributed by atoms with van der Waals surface area (Å²) >= 11 is 1.06. The fourth-order valence-electron chi connectivity index (χ4n) is 4.56. The van der Waals surface area contributed by atoms with E-state index in [4.69, 9.17) is 29.2 Å². The largest absolute Gasteiger partial charge is 0.493 e. The number of Topliss-reactive ketones (excluding diaryl/α,β-unsaturated/α-hetero) is 1. The molecule has 3 aromatic rings. The number of benzene rings is 1. The Balaban J connectivity index is 1.37. The topological polar surface area (TPSA) is 162 Å². The molecule has 1 aromatic carbocycles. The smallest absolute Gasteiger partial charge is 0.306 e. The van der Waals surface area contributed by atoms with E-state index in [1.807, 2.05) is 0 Å². The lowest BCUT2D eigenvalue weighted by Gasteiger charge is -2.16. The van der Waals surface area contributed by atoms with Gasteiger partial charge in [-0.15, -0.1) is 11.3 Å². The van der Waals surface area contributed by atoms with Gasteiger partial charge in [-0.1, -0.05) is 13.8 Å². The lowest BCUT2D eigenvalue weighted by molar-refractivity contribution is -0.145. The first-order chi connectivity index (χ1) is 20.9. The van der Waals surface area contributed by atoms with Crippen molar-refractivity contribution in [1.82, 2.24) is 9.88 Å². The summed E-state index contributed by atoms with van der Waals surface area (Å²) in [5, 5.41) is 18.4. The third kappa shape index (κ3) is 7.18. The maximum absolute atomic E-state index is 15.5. The molecule has 2 atom stereocenters. The van der Waals surface area contributed by atoms with Gasteiger partial charge in [-0.25, -0.2) is 9.37 Å². The summed E-state index contributed by atoms with van der Waals surface area (Å²) in [7, 11) is 2.84. The van der Waals surface area contributed by atoms with Gasteiger partial charge in [0, 0.05) is 42.0 Å². The number of thiophene rings is 1. The van der Waals surface area contributed by atoms with Gasteiger partial charge < -0.3 is 34.1 Å². The number of ether oxygens (including phenoxy) is 4. The van der Waals surface area contributed by atoms with Crippen molar-refractivity contribution in [2.75, 3.05) is 27.4 Å². The second-order valence-electron chi connectivity index (χ2n) is 10.5. The highest BCUT2D eigenvalue weighted by Gasteiger charge is 2.29. The quantitative estimate of drug-likeness (QED) is 0.179. The number of hydrogen-bond donors (Lipinski definition) is 2. The Labute approximate surface area is 256 Å². The molecular weight excluding hydrogens is 599 g/mol. The number of carbonyl (C=O) groups is 4.